The summed E-state index contributed by atoms with van der Waals surface area (Å²) in [7, 11) is 5.63. The number of ether oxygens (including phenoxy) is 2. The summed E-state index contributed by atoms with van der Waals surface area (Å²) in [4.78, 5) is 2.32. The van der Waals surface area contributed by atoms with E-state index >= 15 is 0 Å². The van der Waals surface area contributed by atoms with Gasteiger partial charge in [-0.25, -0.2) is 0 Å². The van der Waals surface area contributed by atoms with Crippen molar-refractivity contribution in [1.82, 2.24) is 14.7 Å². The largest absolute Gasteiger partial charge is 0.493 e. The third-order valence-electron chi connectivity index (χ3n) is 4.42. The minimum Gasteiger partial charge on any atom is -0.493 e. The summed E-state index contributed by atoms with van der Waals surface area (Å²) in [6.45, 7) is 2.12. The van der Waals surface area contributed by atoms with E-state index in [2.05, 4.69) is 17.0 Å². The number of aromatic nitrogens is 2. The van der Waals surface area contributed by atoms with E-state index in [4.69, 9.17) is 15.2 Å². The van der Waals surface area contributed by atoms with Crippen LogP contribution in [0.15, 0.2) is 24.4 Å². The first kappa shape index (κ1) is 15.7. The average molecular weight is 316 g/mol. The molecular formula is C17H24N4O2. The Hall–Kier alpha value is -2.21. The van der Waals surface area contributed by atoms with Gasteiger partial charge < -0.3 is 20.1 Å². The second kappa shape index (κ2) is 6.50. The molecule has 0 atom stereocenters. The number of rotatable bonds is 4. The summed E-state index contributed by atoms with van der Waals surface area (Å²) in [5.74, 6) is 2.15. The fourth-order valence-electron chi connectivity index (χ4n) is 2.89. The van der Waals surface area contributed by atoms with Crippen LogP contribution in [-0.4, -0.2) is 48.0 Å². The number of methoxy groups -OCH3 is 1. The molecule has 23 heavy (non-hydrogen) atoms. The number of likely N-dealkylation sites (tertiary alicyclic amines) is 1. The summed E-state index contributed by atoms with van der Waals surface area (Å²) in [5.41, 5.74) is 7.97. The lowest BCUT2D eigenvalue weighted by Gasteiger charge is -2.29. The molecule has 0 spiro atoms. The van der Waals surface area contributed by atoms with Crippen molar-refractivity contribution in [3.8, 4) is 22.6 Å². The van der Waals surface area contributed by atoms with Crippen molar-refractivity contribution in [2.45, 2.75) is 18.9 Å². The molecule has 1 saturated heterocycles. The quantitative estimate of drug-likeness (QED) is 0.936. The van der Waals surface area contributed by atoms with Gasteiger partial charge in [-0.05, 0) is 37.6 Å². The number of nitrogens with two attached hydrogens (primary N) is 1. The first-order valence-electron chi connectivity index (χ1n) is 7.89. The van der Waals surface area contributed by atoms with Crippen LogP contribution in [0.5, 0.6) is 11.5 Å². The molecule has 1 aromatic heterocycles. The summed E-state index contributed by atoms with van der Waals surface area (Å²) in [5, 5.41) is 4.20. The molecule has 6 nitrogen and oxygen atoms in total. The number of anilines is 1. The molecule has 0 bridgehead atoms. The Morgan fingerprint density at radius 3 is 2.52 bits per heavy atom. The molecule has 1 aromatic carbocycles. The third-order valence-corrected chi connectivity index (χ3v) is 4.42. The first-order chi connectivity index (χ1) is 11.1. The predicted molar refractivity (Wildman–Crippen MR) is 90.8 cm³/mol. The summed E-state index contributed by atoms with van der Waals surface area (Å²) < 4.78 is 13.3. The lowest BCUT2D eigenvalue weighted by molar-refractivity contribution is 0.111. The minimum atomic E-state index is 0.224. The molecule has 2 heterocycles. The van der Waals surface area contributed by atoms with E-state index in [1.807, 2.05) is 25.2 Å². The number of hydrogen-bond acceptors (Lipinski definition) is 5. The van der Waals surface area contributed by atoms with Gasteiger partial charge in [0.05, 0.1) is 13.3 Å². The lowest BCUT2D eigenvalue weighted by atomic mass is 10.1. The number of aryl methyl sites for hydroxylation is 1. The maximum Gasteiger partial charge on any atom is 0.162 e. The Balaban J connectivity index is 1.86. The Morgan fingerprint density at radius 2 is 1.91 bits per heavy atom. The van der Waals surface area contributed by atoms with Gasteiger partial charge >= 0.3 is 0 Å². The van der Waals surface area contributed by atoms with Crippen molar-refractivity contribution in [3.05, 3.63) is 24.4 Å². The van der Waals surface area contributed by atoms with Crippen LogP contribution in [-0.2, 0) is 7.05 Å². The molecule has 0 radical (unpaired) electrons. The summed E-state index contributed by atoms with van der Waals surface area (Å²) in [6.07, 6.45) is 4.05. The Kier molecular flexibility index (Phi) is 4.43. The van der Waals surface area contributed by atoms with Gasteiger partial charge in [0, 0.05) is 25.7 Å². The van der Waals surface area contributed by atoms with Gasteiger partial charge in [0.2, 0.25) is 0 Å². The average Bonchev–Trinajstić information content (AvgIpc) is 2.89. The van der Waals surface area contributed by atoms with Crippen molar-refractivity contribution >= 4 is 5.82 Å². The monoisotopic (exact) mass is 316 g/mol. The Morgan fingerprint density at radius 1 is 1.17 bits per heavy atom. The Bertz CT molecular complexity index is 675. The topological polar surface area (TPSA) is 65.5 Å². The van der Waals surface area contributed by atoms with E-state index in [-0.39, 0.29) is 6.10 Å². The van der Waals surface area contributed by atoms with Crippen molar-refractivity contribution in [2.75, 3.05) is 33.0 Å². The van der Waals surface area contributed by atoms with Gasteiger partial charge in [0.15, 0.2) is 11.5 Å². The van der Waals surface area contributed by atoms with E-state index < -0.39 is 0 Å². The predicted octanol–water partition coefficient (Wildman–Crippen LogP) is 2.15. The molecule has 0 saturated carbocycles. The second-order valence-electron chi connectivity index (χ2n) is 6.05. The van der Waals surface area contributed by atoms with Crippen LogP contribution in [0.3, 0.4) is 0 Å². The molecule has 0 unspecified atom stereocenters. The van der Waals surface area contributed by atoms with E-state index in [0.717, 1.165) is 48.6 Å². The first-order valence-corrected chi connectivity index (χ1v) is 7.89. The number of nitrogens with zero attached hydrogens (tertiary/aromatic N) is 3. The number of piperidine rings is 1. The highest BCUT2D eigenvalue weighted by Gasteiger charge is 2.20. The highest BCUT2D eigenvalue weighted by molar-refractivity contribution is 5.75. The molecule has 0 aliphatic carbocycles. The van der Waals surface area contributed by atoms with Crippen molar-refractivity contribution in [1.29, 1.82) is 0 Å². The van der Waals surface area contributed by atoms with Crippen LogP contribution in [0.2, 0.25) is 0 Å². The van der Waals surface area contributed by atoms with Crippen LogP contribution in [0.25, 0.3) is 11.1 Å². The molecule has 6 heteroatoms. The number of nitrogen functional groups attached to an aromatic ring is 1. The maximum atomic E-state index is 6.21. The van der Waals surface area contributed by atoms with Crippen LogP contribution in [0.4, 0.5) is 5.82 Å². The highest BCUT2D eigenvalue weighted by atomic mass is 16.5. The van der Waals surface area contributed by atoms with Gasteiger partial charge in [-0.3, -0.25) is 4.68 Å². The molecule has 1 fully saturated rings. The number of benzene rings is 1. The normalized spacial score (nSPS) is 16.5. The van der Waals surface area contributed by atoms with Gasteiger partial charge in [-0.1, -0.05) is 6.07 Å². The summed E-state index contributed by atoms with van der Waals surface area (Å²) in [6, 6.07) is 5.89. The summed E-state index contributed by atoms with van der Waals surface area (Å²) >= 11 is 0. The Labute approximate surface area is 136 Å². The fourth-order valence-corrected chi connectivity index (χ4v) is 2.89. The van der Waals surface area contributed by atoms with Gasteiger partial charge in [-0.2, -0.15) is 5.10 Å². The van der Waals surface area contributed by atoms with Crippen LogP contribution < -0.4 is 15.2 Å². The SMILES string of the molecule is COc1ccc(-c2cnn(C)c2N)cc1OC1CCN(C)CC1. The molecule has 1 aliphatic heterocycles. The van der Waals surface area contributed by atoms with Crippen molar-refractivity contribution in [2.24, 2.45) is 7.05 Å². The standard InChI is InChI=1S/C17H24N4O2/c1-20-8-6-13(7-9-20)23-16-10-12(4-5-15(16)22-3)14-11-19-21(2)17(14)18/h4-5,10-11,13H,6-9,18H2,1-3H3. The van der Waals surface area contributed by atoms with E-state index in [1.54, 1.807) is 18.0 Å². The van der Waals surface area contributed by atoms with Gasteiger partial charge in [0.25, 0.3) is 0 Å². The van der Waals surface area contributed by atoms with Crippen LogP contribution >= 0.6 is 0 Å². The molecule has 2 aromatic rings. The maximum absolute atomic E-state index is 6.21. The minimum absolute atomic E-state index is 0.224. The van der Waals surface area contributed by atoms with E-state index in [9.17, 15) is 0 Å². The van der Waals surface area contributed by atoms with Crippen molar-refractivity contribution in [3.63, 3.8) is 0 Å². The molecule has 124 valence electrons. The van der Waals surface area contributed by atoms with E-state index in [0.29, 0.717) is 5.82 Å². The van der Waals surface area contributed by atoms with Crippen LogP contribution in [0.1, 0.15) is 12.8 Å². The fraction of sp³-hybridized carbons (Fsp3) is 0.471. The third kappa shape index (κ3) is 3.27. The zero-order valence-corrected chi connectivity index (χ0v) is 14.0. The van der Waals surface area contributed by atoms with Crippen molar-refractivity contribution < 1.29 is 9.47 Å². The zero-order chi connectivity index (χ0) is 16.4. The number of hydrogen-bond donors (Lipinski definition) is 1. The molecule has 3 rings (SSSR count). The van der Waals surface area contributed by atoms with Gasteiger partial charge in [0.1, 0.15) is 11.9 Å². The molecule has 1 aliphatic rings. The molecule has 2 N–H and O–H groups in total. The lowest BCUT2D eigenvalue weighted by Crippen LogP contribution is -2.35. The molecular weight excluding hydrogens is 292 g/mol. The second-order valence-corrected chi connectivity index (χ2v) is 6.05. The van der Waals surface area contributed by atoms with Gasteiger partial charge in [-0.15, -0.1) is 0 Å². The van der Waals surface area contributed by atoms with Crippen LogP contribution in [0, 0.1) is 0 Å². The highest BCUT2D eigenvalue weighted by Crippen LogP contribution is 2.35. The zero-order valence-electron chi connectivity index (χ0n) is 14.0. The smallest absolute Gasteiger partial charge is 0.162 e. The molecule has 0 amide bonds. The van der Waals surface area contributed by atoms with E-state index in [1.165, 1.54) is 0 Å².